The third-order valence-electron chi connectivity index (χ3n) is 3.96. The van der Waals surface area contributed by atoms with E-state index < -0.39 is 56.3 Å². The fourth-order valence-electron chi connectivity index (χ4n) is 2.73. The molecular formula is C17H16F6O4Se. The monoisotopic (exact) mass is 478 g/mol. The summed E-state index contributed by atoms with van der Waals surface area (Å²) >= 11 is -0.696. The summed E-state index contributed by atoms with van der Waals surface area (Å²) in [6, 6.07) is 8.36. The molecule has 0 heterocycles. The van der Waals surface area contributed by atoms with E-state index in [1.54, 1.807) is 30.3 Å². The van der Waals surface area contributed by atoms with E-state index in [0.29, 0.717) is 17.3 Å². The van der Waals surface area contributed by atoms with Gasteiger partial charge < -0.3 is 0 Å². The van der Waals surface area contributed by atoms with Gasteiger partial charge >= 0.3 is 162 Å². The minimum atomic E-state index is -5.23. The van der Waals surface area contributed by atoms with Crippen LogP contribution in [0.1, 0.15) is 25.7 Å². The summed E-state index contributed by atoms with van der Waals surface area (Å²) < 4.78 is 85.6. The fraction of sp³-hybridized carbons (Fsp3) is 0.529. The molecule has 0 radical (unpaired) electrons. The fourth-order valence-corrected chi connectivity index (χ4v) is 5.49. The molecule has 1 aliphatic rings. The van der Waals surface area contributed by atoms with Gasteiger partial charge in [0.15, 0.2) is 0 Å². The van der Waals surface area contributed by atoms with Gasteiger partial charge in [-0.25, -0.2) is 0 Å². The Morgan fingerprint density at radius 2 is 1.25 bits per heavy atom. The van der Waals surface area contributed by atoms with Gasteiger partial charge in [0.1, 0.15) is 0 Å². The number of carbonyl (C=O) groups is 2. The molecule has 1 aromatic carbocycles. The van der Waals surface area contributed by atoms with E-state index in [2.05, 4.69) is 9.47 Å². The van der Waals surface area contributed by atoms with Crippen molar-refractivity contribution in [2.24, 2.45) is 0 Å². The molecule has 0 aliphatic heterocycles. The first kappa shape index (κ1) is 22.5. The number of alkyl halides is 6. The van der Waals surface area contributed by atoms with E-state index in [9.17, 15) is 35.9 Å². The SMILES string of the molecule is O=C(O[C@H]1CCCC[C@@H](OC(=O)C(F)(F)F)C1[Se]c1ccccc1)C(F)(F)F. The normalized spacial score (nSPS) is 23.6. The van der Waals surface area contributed by atoms with E-state index in [-0.39, 0.29) is 12.8 Å². The average Bonchev–Trinajstić information content (AvgIpc) is 2.77. The van der Waals surface area contributed by atoms with Gasteiger partial charge in [0.2, 0.25) is 0 Å². The molecule has 4 nitrogen and oxygen atoms in total. The van der Waals surface area contributed by atoms with Crippen molar-refractivity contribution in [3.63, 3.8) is 0 Å². The molecule has 1 aliphatic carbocycles. The van der Waals surface area contributed by atoms with Crippen LogP contribution in [0.2, 0.25) is 4.82 Å². The van der Waals surface area contributed by atoms with Crippen LogP contribution in [0.15, 0.2) is 30.3 Å². The molecule has 1 fully saturated rings. The predicted molar refractivity (Wildman–Crippen MR) is 85.9 cm³/mol. The van der Waals surface area contributed by atoms with Crippen molar-refractivity contribution in [1.82, 2.24) is 0 Å². The standard InChI is InChI=1S/C17H16F6O4Se/c18-16(19,20)14(24)26-11-8-4-5-9-12(27-15(25)17(21,22)23)13(11)28-10-6-2-1-3-7-10/h1-3,6-7,11-13H,4-5,8-9H2/t11-,12+,13?. The van der Waals surface area contributed by atoms with Crippen molar-refractivity contribution in [3.05, 3.63) is 30.3 Å². The topological polar surface area (TPSA) is 52.6 Å². The van der Waals surface area contributed by atoms with Crippen molar-refractivity contribution in [2.45, 2.75) is 55.1 Å². The Morgan fingerprint density at radius 1 is 0.821 bits per heavy atom. The van der Waals surface area contributed by atoms with Crippen molar-refractivity contribution in [3.8, 4) is 0 Å². The Bertz CT molecular complexity index is 638. The summed E-state index contributed by atoms with van der Waals surface area (Å²) in [5.41, 5.74) is 0. The summed E-state index contributed by atoms with van der Waals surface area (Å²) in [4.78, 5) is 21.6. The molecular weight excluding hydrogens is 461 g/mol. The molecule has 1 unspecified atom stereocenters. The molecule has 0 N–H and O–H groups in total. The Labute approximate surface area is 162 Å². The summed E-state index contributed by atoms with van der Waals surface area (Å²) in [6.07, 6.45) is -12.3. The Hall–Kier alpha value is -1.74. The molecule has 1 aromatic rings. The predicted octanol–water partition coefficient (Wildman–Crippen LogP) is 3.33. The third kappa shape index (κ3) is 6.41. The van der Waals surface area contributed by atoms with Gasteiger partial charge in [-0.1, -0.05) is 0 Å². The van der Waals surface area contributed by atoms with Crippen LogP contribution >= 0.6 is 0 Å². The quantitative estimate of drug-likeness (QED) is 0.289. The molecule has 28 heavy (non-hydrogen) atoms. The minimum absolute atomic E-state index is 0.0428. The summed E-state index contributed by atoms with van der Waals surface area (Å²) in [5.74, 6) is -4.82. The molecule has 156 valence electrons. The van der Waals surface area contributed by atoms with Crippen LogP contribution in [-0.2, 0) is 19.1 Å². The number of halogens is 6. The second-order valence-corrected chi connectivity index (χ2v) is 8.69. The summed E-state index contributed by atoms with van der Waals surface area (Å²) in [7, 11) is 0. The maximum atomic E-state index is 12.6. The van der Waals surface area contributed by atoms with Gasteiger partial charge in [-0.05, 0) is 0 Å². The van der Waals surface area contributed by atoms with Crippen LogP contribution in [0.5, 0.6) is 0 Å². The van der Waals surface area contributed by atoms with E-state index in [0.717, 1.165) is 0 Å². The third-order valence-corrected chi connectivity index (χ3v) is 6.94. The first-order valence-electron chi connectivity index (χ1n) is 8.26. The molecule has 11 heteroatoms. The van der Waals surface area contributed by atoms with E-state index in [1.807, 2.05) is 0 Å². The number of rotatable bonds is 4. The first-order valence-corrected chi connectivity index (χ1v) is 10.1. The zero-order chi connectivity index (χ0) is 20.9. The van der Waals surface area contributed by atoms with Gasteiger partial charge in [0.25, 0.3) is 0 Å². The van der Waals surface area contributed by atoms with E-state index in [4.69, 9.17) is 0 Å². The van der Waals surface area contributed by atoms with Crippen LogP contribution in [0.3, 0.4) is 0 Å². The molecule has 0 saturated heterocycles. The first-order chi connectivity index (χ1) is 13.0. The Balaban J connectivity index is 2.29. The van der Waals surface area contributed by atoms with Gasteiger partial charge in [-0.3, -0.25) is 0 Å². The molecule has 0 bridgehead atoms. The molecule has 0 aromatic heterocycles. The van der Waals surface area contributed by atoms with E-state index >= 15 is 0 Å². The molecule has 0 amide bonds. The number of ether oxygens (including phenoxy) is 2. The van der Waals surface area contributed by atoms with Gasteiger partial charge in [0, 0.05) is 0 Å². The van der Waals surface area contributed by atoms with Crippen LogP contribution in [-0.4, -0.2) is 51.5 Å². The average molecular weight is 477 g/mol. The second-order valence-electron chi connectivity index (χ2n) is 6.06. The van der Waals surface area contributed by atoms with Crippen LogP contribution < -0.4 is 4.46 Å². The van der Waals surface area contributed by atoms with Crippen LogP contribution in [0.4, 0.5) is 26.3 Å². The Morgan fingerprint density at radius 3 is 1.64 bits per heavy atom. The van der Waals surface area contributed by atoms with Crippen molar-refractivity contribution in [1.29, 1.82) is 0 Å². The molecule has 0 spiro atoms. The van der Waals surface area contributed by atoms with Crippen molar-refractivity contribution >= 4 is 31.4 Å². The molecule has 3 atom stereocenters. The number of hydrogen-bond donors (Lipinski definition) is 0. The zero-order valence-corrected chi connectivity index (χ0v) is 16.0. The molecule has 2 rings (SSSR count). The summed E-state index contributed by atoms with van der Waals surface area (Å²) in [5, 5.41) is 0. The molecule has 1 saturated carbocycles. The van der Waals surface area contributed by atoms with Gasteiger partial charge in [0.05, 0.1) is 0 Å². The summed E-state index contributed by atoms with van der Waals surface area (Å²) in [6.45, 7) is 0. The van der Waals surface area contributed by atoms with E-state index in [1.165, 1.54) is 0 Å². The van der Waals surface area contributed by atoms with Crippen LogP contribution in [0.25, 0.3) is 0 Å². The van der Waals surface area contributed by atoms with Gasteiger partial charge in [-0.2, -0.15) is 0 Å². The number of esters is 2. The number of hydrogen-bond acceptors (Lipinski definition) is 4. The Kier molecular flexibility index (Phi) is 7.39. The second kappa shape index (κ2) is 9.17. The maximum absolute atomic E-state index is 12.6. The van der Waals surface area contributed by atoms with Crippen molar-refractivity contribution < 1.29 is 45.4 Å². The number of carbonyl (C=O) groups excluding carboxylic acids is 2. The zero-order valence-electron chi connectivity index (χ0n) is 14.3. The van der Waals surface area contributed by atoms with Crippen LogP contribution in [0, 0.1) is 0 Å². The van der Waals surface area contributed by atoms with Gasteiger partial charge in [-0.15, -0.1) is 0 Å². The van der Waals surface area contributed by atoms with Crippen molar-refractivity contribution in [2.75, 3.05) is 0 Å². The number of benzene rings is 1.